The molecule has 0 aliphatic heterocycles. The van der Waals surface area contributed by atoms with Crippen LogP contribution in [0.5, 0.6) is 0 Å². The Morgan fingerprint density at radius 3 is 2.91 bits per heavy atom. The number of nitrogens with one attached hydrogen (secondary N) is 1. The van der Waals surface area contributed by atoms with E-state index in [1.54, 1.807) is 12.4 Å². The topological polar surface area (TPSA) is 98.7 Å². The number of pyridine rings is 1. The van der Waals surface area contributed by atoms with Gasteiger partial charge in [-0.3, -0.25) is 9.78 Å². The summed E-state index contributed by atoms with van der Waals surface area (Å²) in [6.45, 7) is 1.85. The van der Waals surface area contributed by atoms with Gasteiger partial charge in [0.1, 0.15) is 0 Å². The van der Waals surface area contributed by atoms with Gasteiger partial charge in [-0.2, -0.15) is 0 Å². The second kappa shape index (κ2) is 6.99. The molecule has 0 saturated heterocycles. The van der Waals surface area contributed by atoms with Gasteiger partial charge in [0, 0.05) is 24.0 Å². The second-order valence-corrected chi connectivity index (χ2v) is 6.98. The molecule has 2 aromatic rings. The molecule has 23 heavy (non-hydrogen) atoms. The first-order chi connectivity index (χ1) is 11.1. The molecule has 0 spiro atoms. The molecule has 0 bridgehead atoms. The lowest BCUT2D eigenvalue weighted by Crippen LogP contribution is -2.37. The van der Waals surface area contributed by atoms with Gasteiger partial charge >= 0.3 is 0 Å². The van der Waals surface area contributed by atoms with Crippen molar-refractivity contribution >= 4 is 17.7 Å². The number of thioether (sulfide) groups is 1. The first-order valence-electron chi connectivity index (χ1n) is 7.73. The van der Waals surface area contributed by atoms with Crippen molar-refractivity contribution in [1.29, 1.82) is 0 Å². The van der Waals surface area contributed by atoms with Gasteiger partial charge in [0.05, 0.1) is 5.25 Å². The fourth-order valence-corrected chi connectivity index (χ4v) is 3.43. The van der Waals surface area contributed by atoms with Crippen LogP contribution in [0.15, 0.2) is 29.7 Å². The van der Waals surface area contributed by atoms with Gasteiger partial charge in [0.2, 0.25) is 11.1 Å². The average Bonchev–Trinajstić information content (AvgIpc) is 3.19. The number of nitrogens with zero attached hydrogens (tertiary/aromatic N) is 4. The van der Waals surface area contributed by atoms with Crippen molar-refractivity contribution in [3.63, 3.8) is 0 Å². The predicted molar refractivity (Wildman–Crippen MR) is 89.1 cm³/mol. The molecule has 7 nitrogen and oxygen atoms in total. The van der Waals surface area contributed by atoms with Gasteiger partial charge in [0.25, 0.3) is 0 Å². The minimum Gasteiger partial charge on any atom is -0.352 e. The molecule has 0 aromatic carbocycles. The highest BCUT2D eigenvalue weighted by Gasteiger charge is 2.23. The number of nitrogen functional groups attached to an aromatic ring is 1. The van der Waals surface area contributed by atoms with E-state index >= 15 is 0 Å². The van der Waals surface area contributed by atoms with E-state index in [0.29, 0.717) is 17.0 Å². The third-order valence-corrected chi connectivity index (χ3v) is 4.99. The molecule has 1 aliphatic rings. The second-order valence-electron chi connectivity index (χ2n) is 5.67. The van der Waals surface area contributed by atoms with Crippen LogP contribution < -0.4 is 11.2 Å². The van der Waals surface area contributed by atoms with Crippen molar-refractivity contribution in [2.45, 2.75) is 49.1 Å². The third kappa shape index (κ3) is 3.64. The van der Waals surface area contributed by atoms with Crippen LogP contribution in [0, 0.1) is 0 Å². The zero-order valence-corrected chi connectivity index (χ0v) is 13.8. The van der Waals surface area contributed by atoms with Crippen LogP contribution in [0.2, 0.25) is 0 Å². The molecule has 1 fully saturated rings. The minimum absolute atomic E-state index is 0.0211. The largest absolute Gasteiger partial charge is 0.352 e. The lowest BCUT2D eigenvalue weighted by molar-refractivity contribution is -0.120. The first-order valence-corrected chi connectivity index (χ1v) is 8.61. The maximum Gasteiger partial charge on any atom is 0.233 e. The van der Waals surface area contributed by atoms with Crippen LogP contribution >= 0.6 is 11.8 Å². The maximum atomic E-state index is 12.3. The summed E-state index contributed by atoms with van der Waals surface area (Å²) >= 11 is 1.31. The molecule has 0 unspecified atom stereocenters. The summed E-state index contributed by atoms with van der Waals surface area (Å²) in [5.41, 5.74) is 0.789. The molecule has 8 heteroatoms. The van der Waals surface area contributed by atoms with E-state index in [0.717, 1.165) is 18.4 Å². The maximum absolute atomic E-state index is 12.3. The monoisotopic (exact) mass is 332 g/mol. The zero-order chi connectivity index (χ0) is 16.2. The summed E-state index contributed by atoms with van der Waals surface area (Å²) in [7, 11) is 0. The number of nitrogens with two attached hydrogens (primary N) is 1. The lowest BCUT2D eigenvalue weighted by atomic mass is 10.2. The van der Waals surface area contributed by atoms with Gasteiger partial charge in [-0.05, 0) is 31.9 Å². The van der Waals surface area contributed by atoms with Crippen molar-refractivity contribution in [2.24, 2.45) is 0 Å². The van der Waals surface area contributed by atoms with E-state index in [9.17, 15) is 4.79 Å². The normalized spacial score (nSPS) is 16.4. The summed E-state index contributed by atoms with van der Waals surface area (Å²) in [6.07, 6.45) is 7.89. The summed E-state index contributed by atoms with van der Waals surface area (Å²) in [5.74, 6) is 6.61. The van der Waals surface area contributed by atoms with E-state index in [-0.39, 0.29) is 11.2 Å². The zero-order valence-electron chi connectivity index (χ0n) is 13.0. The summed E-state index contributed by atoms with van der Waals surface area (Å²) in [4.78, 5) is 16.3. The Bertz CT molecular complexity index is 668. The molecular weight excluding hydrogens is 312 g/mol. The Balaban J connectivity index is 1.66. The number of aromatic nitrogens is 4. The minimum atomic E-state index is -0.274. The number of carbonyl (C=O) groups excluding carboxylic acids is 1. The Morgan fingerprint density at radius 1 is 1.43 bits per heavy atom. The van der Waals surface area contributed by atoms with E-state index in [2.05, 4.69) is 20.5 Å². The van der Waals surface area contributed by atoms with Crippen LogP contribution in [0.1, 0.15) is 32.6 Å². The smallest absolute Gasteiger partial charge is 0.233 e. The molecule has 1 saturated carbocycles. The standard InChI is InChI=1S/C15H20N6OS/c1-10(14(22)18-12-6-2-3-7-12)23-15-20-19-13(21(15)16)11-5-4-8-17-9-11/h4-5,8-10,12H,2-3,6-7,16H2,1H3,(H,18,22)/t10-/m0/s1. The van der Waals surface area contributed by atoms with Crippen LogP contribution in [-0.2, 0) is 4.79 Å². The summed E-state index contributed by atoms with van der Waals surface area (Å²) in [6, 6.07) is 3.99. The Morgan fingerprint density at radius 2 is 2.22 bits per heavy atom. The molecule has 2 aromatic heterocycles. The predicted octanol–water partition coefficient (Wildman–Crippen LogP) is 1.59. The number of hydrogen-bond acceptors (Lipinski definition) is 6. The van der Waals surface area contributed by atoms with Crippen LogP contribution in [0.4, 0.5) is 0 Å². The van der Waals surface area contributed by atoms with Crippen LogP contribution in [0.25, 0.3) is 11.4 Å². The number of hydrogen-bond donors (Lipinski definition) is 2. The SMILES string of the molecule is C[C@H](Sc1nnc(-c2cccnc2)n1N)C(=O)NC1CCCC1. The van der Waals surface area contributed by atoms with E-state index in [4.69, 9.17) is 5.84 Å². The van der Waals surface area contributed by atoms with Crippen molar-refractivity contribution in [1.82, 2.24) is 25.2 Å². The molecule has 2 heterocycles. The molecule has 1 atom stereocenters. The molecule has 0 radical (unpaired) electrons. The third-order valence-electron chi connectivity index (χ3n) is 3.94. The molecule has 122 valence electrons. The molecule has 3 N–H and O–H groups in total. The van der Waals surface area contributed by atoms with Gasteiger partial charge in [-0.1, -0.05) is 24.6 Å². The van der Waals surface area contributed by atoms with Crippen molar-refractivity contribution in [3.05, 3.63) is 24.5 Å². The highest BCUT2D eigenvalue weighted by molar-refractivity contribution is 8.00. The fraction of sp³-hybridized carbons (Fsp3) is 0.467. The Kier molecular flexibility index (Phi) is 4.80. The van der Waals surface area contributed by atoms with Crippen molar-refractivity contribution in [3.8, 4) is 11.4 Å². The lowest BCUT2D eigenvalue weighted by Gasteiger charge is -2.15. The summed E-state index contributed by atoms with van der Waals surface area (Å²) < 4.78 is 1.40. The average molecular weight is 332 g/mol. The molecule has 3 rings (SSSR count). The number of carbonyl (C=O) groups is 1. The molecule has 1 aliphatic carbocycles. The highest BCUT2D eigenvalue weighted by Crippen LogP contribution is 2.25. The van der Waals surface area contributed by atoms with E-state index in [1.807, 2.05) is 19.1 Å². The highest BCUT2D eigenvalue weighted by atomic mass is 32.2. The van der Waals surface area contributed by atoms with Gasteiger partial charge in [0.15, 0.2) is 5.82 Å². The van der Waals surface area contributed by atoms with Crippen molar-refractivity contribution < 1.29 is 4.79 Å². The van der Waals surface area contributed by atoms with E-state index < -0.39 is 0 Å². The molecular formula is C15H20N6OS. The van der Waals surface area contributed by atoms with Crippen molar-refractivity contribution in [2.75, 3.05) is 5.84 Å². The van der Waals surface area contributed by atoms with Crippen LogP contribution in [0.3, 0.4) is 0 Å². The fourth-order valence-electron chi connectivity index (χ4n) is 2.65. The number of amides is 1. The van der Waals surface area contributed by atoms with Gasteiger partial charge in [-0.15, -0.1) is 10.2 Å². The Labute approximate surface area is 139 Å². The molecule has 1 amide bonds. The first kappa shape index (κ1) is 15.8. The van der Waals surface area contributed by atoms with Gasteiger partial charge in [-0.25, -0.2) is 4.68 Å². The quantitative estimate of drug-likeness (QED) is 0.637. The summed E-state index contributed by atoms with van der Waals surface area (Å²) in [5, 5.41) is 11.5. The van der Waals surface area contributed by atoms with Crippen LogP contribution in [-0.4, -0.2) is 37.1 Å². The number of rotatable bonds is 5. The Hall–Kier alpha value is -2.09. The van der Waals surface area contributed by atoms with Gasteiger partial charge < -0.3 is 11.2 Å². The van der Waals surface area contributed by atoms with E-state index in [1.165, 1.54) is 29.3 Å².